The van der Waals surface area contributed by atoms with E-state index in [9.17, 15) is 18.0 Å². The van der Waals surface area contributed by atoms with Gasteiger partial charge in [-0.3, -0.25) is 4.79 Å². The molecule has 1 aromatic heterocycles. The number of benzene rings is 1. The third kappa shape index (κ3) is 2.69. The Bertz CT molecular complexity index is 700. The lowest BCUT2D eigenvalue weighted by Crippen LogP contribution is -2.28. The van der Waals surface area contributed by atoms with Gasteiger partial charge in [0.1, 0.15) is 5.82 Å². The number of hydrogen-bond acceptors (Lipinski definition) is 3. The van der Waals surface area contributed by atoms with Crippen molar-refractivity contribution in [1.82, 2.24) is 14.5 Å². The highest BCUT2D eigenvalue weighted by Gasteiger charge is 2.24. The first-order valence-electron chi connectivity index (χ1n) is 5.91. The van der Waals surface area contributed by atoms with Gasteiger partial charge < -0.3 is 14.6 Å². The molecule has 0 spiro atoms. The Morgan fingerprint density at radius 3 is 2.62 bits per heavy atom. The summed E-state index contributed by atoms with van der Waals surface area (Å²) >= 11 is 0. The van der Waals surface area contributed by atoms with Crippen LogP contribution in [-0.4, -0.2) is 32.5 Å². The second kappa shape index (κ2) is 5.47. The van der Waals surface area contributed by atoms with Crippen LogP contribution >= 0.6 is 0 Å². The average molecular weight is 299 g/mol. The predicted octanol–water partition coefficient (Wildman–Crippen LogP) is 1.82. The van der Waals surface area contributed by atoms with E-state index in [4.69, 9.17) is 5.11 Å². The van der Waals surface area contributed by atoms with Gasteiger partial charge in [-0.1, -0.05) is 0 Å². The van der Waals surface area contributed by atoms with E-state index >= 15 is 0 Å². The Morgan fingerprint density at radius 2 is 2.05 bits per heavy atom. The van der Waals surface area contributed by atoms with Crippen LogP contribution in [0.4, 0.5) is 13.2 Å². The molecule has 5 nitrogen and oxygen atoms in total. The van der Waals surface area contributed by atoms with Gasteiger partial charge in [0, 0.05) is 26.5 Å². The number of halogens is 3. The molecule has 2 aromatic rings. The normalized spacial score (nSPS) is 10.7. The molecule has 0 aliphatic rings. The van der Waals surface area contributed by atoms with Gasteiger partial charge >= 0.3 is 0 Å². The molecule has 0 bridgehead atoms. The van der Waals surface area contributed by atoms with E-state index in [-0.39, 0.29) is 6.54 Å². The maximum absolute atomic E-state index is 13.7. The number of aromatic hydroxyl groups is 1. The van der Waals surface area contributed by atoms with Crippen molar-refractivity contribution in [2.45, 2.75) is 6.54 Å². The summed E-state index contributed by atoms with van der Waals surface area (Å²) in [4.78, 5) is 17.1. The topological polar surface area (TPSA) is 58.4 Å². The summed E-state index contributed by atoms with van der Waals surface area (Å²) in [6, 6.07) is 0.418. The van der Waals surface area contributed by atoms with Crippen molar-refractivity contribution in [2.24, 2.45) is 7.05 Å². The van der Waals surface area contributed by atoms with Crippen molar-refractivity contribution in [3.05, 3.63) is 47.3 Å². The molecule has 0 saturated carbocycles. The third-order valence-corrected chi connectivity index (χ3v) is 3.01. The van der Waals surface area contributed by atoms with E-state index in [1.54, 1.807) is 17.8 Å². The number of nitrogens with zero attached hydrogens (tertiary/aromatic N) is 3. The highest BCUT2D eigenvalue weighted by molar-refractivity contribution is 5.94. The van der Waals surface area contributed by atoms with Crippen LogP contribution in [0.5, 0.6) is 5.75 Å². The highest BCUT2D eigenvalue weighted by Crippen LogP contribution is 2.26. The van der Waals surface area contributed by atoms with E-state index in [0.717, 1.165) is 4.90 Å². The summed E-state index contributed by atoms with van der Waals surface area (Å²) in [7, 11) is 3.07. The van der Waals surface area contributed by atoms with Crippen molar-refractivity contribution in [2.75, 3.05) is 7.05 Å². The number of amides is 1. The van der Waals surface area contributed by atoms with E-state index in [1.807, 2.05) is 0 Å². The quantitative estimate of drug-likeness (QED) is 0.879. The zero-order valence-electron chi connectivity index (χ0n) is 11.3. The van der Waals surface area contributed by atoms with Crippen LogP contribution in [0, 0.1) is 17.5 Å². The molecule has 112 valence electrons. The van der Waals surface area contributed by atoms with Gasteiger partial charge in [0.05, 0.1) is 12.1 Å². The van der Waals surface area contributed by atoms with Crippen LogP contribution < -0.4 is 0 Å². The molecule has 1 heterocycles. The SMILES string of the molecule is CN(Cc1nccn1C)C(=O)c1cc(F)c(F)c(O)c1F. The number of carbonyl (C=O) groups is 1. The number of hydrogen-bond donors (Lipinski definition) is 1. The molecule has 0 radical (unpaired) electrons. The molecule has 8 heteroatoms. The lowest BCUT2D eigenvalue weighted by Gasteiger charge is -2.17. The molecule has 0 fully saturated rings. The van der Waals surface area contributed by atoms with Crippen LogP contribution in [0.2, 0.25) is 0 Å². The van der Waals surface area contributed by atoms with E-state index < -0.39 is 34.7 Å². The van der Waals surface area contributed by atoms with Gasteiger partial charge in [0.15, 0.2) is 17.4 Å². The fourth-order valence-electron chi connectivity index (χ4n) is 1.78. The fourth-order valence-corrected chi connectivity index (χ4v) is 1.78. The molecule has 0 atom stereocenters. The van der Waals surface area contributed by atoms with E-state index in [1.165, 1.54) is 13.2 Å². The van der Waals surface area contributed by atoms with Gasteiger partial charge in [0.25, 0.3) is 5.91 Å². The van der Waals surface area contributed by atoms with Crippen LogP contribution in [0.15, 0.2) is 18.5 Å². The summed E-state index contributed by atoms with van der Waals surface area (Å²) in [5.74, 6) is -6.60. The number of carbonyl (C=O) groups excluding carboxylic acids is 1. The summed E-state index contributed by atoms with van der Waals surface area (Å²) in [5, 5.41) is 9.12. The first-order chi connectivity index (χ1) is 9.82. The van der Waals surface area contributed by atoms with Crippen molar-refractivity contribution in [1.29, 1.82) is 0 Å². The molecule has 0 saturated heterocycles. The Morgan fingerprint density at radius 1 is 1.38 bits per heavy atom. The molecular weight excluding hydrogens is 287 g/mol. The smallest absolute Gasteiger partial charge is 0.257 e. The van der Waals surface area contributed by atoms with Crippen molar-refractivity contribution < 1.29 is 23.1 Å². The summed E-state index contributed by atoms with van der Waals surface area (Å²) in [5.41, 5.74) is -0.747. The number of aryl methyl sites for hydroxylation is 1. The van der Waals surface area contributed by atoms with E-state index in [2.05, 4.69) is 4.98 Å². The zero-order valence-corrected chi connectivity index (χ0v) is 11.3. The monoisotopic (exact) mass is 299 g/mol. The first kappa shape index (κ1) is 14.9. The van der Waals surface area contributed by atoms with Gasteiger partial charge in [-0.25, -0.2) is 13.8 Å². The van der Waals surface area contributed by atoms with Gasteiger partial charge in [0.2, 0.25) is 5.82 Å². The predicted molar refractivity (Wildman–Crippen MR) is 67.0 cm³/mol. The summed E-state index contributed by atoms with van der Waals surface area (Å²) in [6.07, 6.45) is 3.19. The number of rotatable bonds is 3. The maximum Gasteiger partial charge on any atom is 0.257 e. The number of phenolic OH excluding ortho intramolecular Hbond substituents is 1. The Balaban J connectivity index is 2.30. The standard InChI is InChI=1S/C13H12F3N3O2/c1-18-4-3-17-9(18)6-19(2)13(21)7-5-8(14)11(16)12(20)10(7)15/h3-5,20H,6H2,1-2H3. The average Bonchev–Trinajstić information content (AvgIpc) is 2.85. The third-order valence-electron chi connectivity index (χ3n) is 3.01. The van der Waals surface area contributed by atoms with Gasteiger partial charge in [-0.05, 0) is 6.07 Å². The molecule has 21 heavy (non-hydrogen) atoms. The van der Waals surface area contributed by atoms with E-state index in [0.29, 0.717) is 11.9 Å². The zero-order chi connectivity index (χ0) is 15.7. The van der Waals surface area contributed by atoms with Gasteiger partial charge in [-0.15, -0.1) is 0 Å². The molecular formula is C13H12F3N3O2. The fraction of sp³-hybridized carbons (Fsp3) is 0.231. The molecule has 1 amide bonds. The summed E-state index contributed by atoms with van der Waals surface area (Å²) < 4.78 is 41.5. The largest absolute Gasteiger partial charge is 0.503 e. The highest BCUT2D eigenvalue weighted by atomic mass is 19.2. The second-order valence-corrected chi connectivity index (χ2v) is 4.50. The van der Waals surface area contributed by atoms with Gasteiger partial charge in [-0.2, -0.15) is 4.39 Å². The maximum atomic E-state index is 13.7. The Hall–Kier alpha value is -2.51. The number of imidazole rings is 1. The molecule has 2 rings (SSSR count). The minimum absolute atomic E-state index is 0.0432. The molecule has 0 aliphatic carbocycles. The lowest BCUT2D eigenvalue weighted by atomic mass is 10.1. The Kier molecular flexibility index (Phi) is 3.88. The second-order valence-electron chi connectivity index (χ2n) is 4.50. The lowest BCUT2D eigenvalue weighted by molar-refractivity contribution is 0.0774. The van der Waals surface area contributed by atoms with Crippen LogP contribution in [0.3, 0.4) is 0 Å². The minimum atomic E-state index is -1.73. The first-order valence-corrected chi connectivity index (χ1v) is 5.91. The van der Waals surface area contributed by atoms with Crippen LogP contribution in [-0.2, 0) is 13.6 Å². The van der Waals surface area contributed by atoms with Crippen LogP contribution in [0.1, 0.15) is 16.2 Å². The van der Waals surface area contributed by atoms with Crippen molar-refractivity contribution in [3.8, 4) is 5.75 Å². The Labute approximate surface area is 118 Å². The molecule has 1 aromatic carbocycles. The molecule has 1 N–H and O–H groups in total. The summed E-state index contributed by atoms with van der Waals surface area (Å²) in [6.45, 7) is 0.0432. The van der Waals surface area contributed by atoms with Crippen molar-refractivity contribution in [3.63, 3.8) is 0 Å². The minimum Gasteiger partial charge on any atom is -0.503 e. The molecule has 0 aliphatic heterocycles. The number of phenols is 1. The van der Waals surface area contributed by atoms with Crippen LogP contribution in [0.25, 0.3) is 0 Å². The molecule has 0 unspecified atom stereocenters. The van der Waals surface area contributed by atoms with Crippen molar-refractivity contribution >= 4 is 5.91 Å². The number of aromatic nitrogens is 2.